The van der Waals surface area contributed by atoms with Gasteiger partial charge in [0.25, 0.3) is 0 Å². The second-order valence-corrected chi connectivity index (χ2v) is 10.2. The summed E-state index contributed by atoms with van der Waals surface area (Å²) in [5.74, 6) is -1.04. The minimum Gasteiger partial charge on any atom is -0.478 e. The lowest BCUT2D eigenvalue weighted by molar-refractivity contribution is 0.0696. The molecule has 0 fully saturated rings. The molecule has 0 unspecified atom stereocenters. The van der Waals surface area contributed by atoms with Gasteiger partial charge in [-0.25, -0.2) is 4.79 Å². The fraction of sp³-hybridized carbons (Fsp3) is 0.240. The Kier molecular flexibility index (Phi) is 6.56. The van der Waals surface area contributed by atoms with E-state index in [0.717, 1.165) is 11.1 Å². The molecule has 2 radical (unpaired) electrons. The molecule has 0 spiro atoms. The van der Waals surface area contributed by atoms with Gasteiger partial charge in [0.15, 0.2) is 0 Å². The van der Waals surface area contributed by atoms with E-state index in [1.54, 1.807) is 6.07 Å². The Hall–Kier alpha value is -2.73. The molecule has 0 aliphatic rings. The molecule has 0 amide bonds. The normalized spacial score (nSPS) is 12.0. The highest BCUT2D eigenvalue weighted by Crippen LogP contribution is 2.42. The summed E-state index contributed by atoms with van der Waals surface area (Å²) in [5, 5.41) is 19.4. The zero-order valence-corrected chi connectivity index (χ0v) is 18.4. The van der Waals surface area contributed by atoms with Crippen molar-refractivity contribution in [3.05, 3.63) is 107 Å². The van der Waals surface area contributed by atoms with Crippen molar-refractivity contribution in [2.24, 2.45) is 0 Å². The SMILES string of the molecule is CC(C)(C)[Si]OC(c1ccccc1)(c1ccccc1)c1cc(CO)cc(C(=O)O)c1. The van der Waals surface area contributed by atoms with Crippen LogP contribution in [0.4, 0.5) is 0 Å². The predicted octanol–water partition coefficient (Wildman–Crippen LogP) is 5.02. The first kappa shape index (κ1) is 22.0. The van der Waals surface area contributed by atoms with E-state index in [1.807, 2.05) is 66.7 Å². The summed E-state index contributed by atoms with van der Waals surface area (Å²) < 4.78 is 6.74. The highest BCUT2D eigenvalue weighted by Gasteiger charge is 2.39. The van der Waals surface area contributed by atoms with Crippen LogP contribution in [-0.2, 0) is 16.6 Å². The smallest absolute Gasteiger partial charge is 0.335 e. The van der Waals surface area contributed by atoms with Gasteiger partial charge in [-0.05, 0) is 45.5 Å². The monoisotopic (exact) mass is 418 g/mol. The molecule has 0 saturated carbocycles. The van der Waals surface area contributed by atoms with E-state index < -0.39 is 11.6 Å². The standard InChI is InChI=1S/C25H26O4Si/c1-24(2,3)30-29-25(20-10-6-4-7-11-20,21-12-8-5-9-13-21)22-15-18(17-26)14-19(16-22)23(27)28/h4-16,26H,17H2,1-3H3,(H,27,28). The van der Waals surface area contributed by atoms with Crippen LogP contribution in [0.25, 0.3) is 0 Å². The van der Waals surface area contributed by atoms with Gasteiger partial charge in [-0.1, -0.05) is 81.4 Å². The summed E-state index contributed by atoms with van der Waals surface area (Å²) in [7, 11) is 0.148. The van der Waals surface area contributed by atoms with Gasteiger partial charge in [0.2, 0.25) is 9.76 Å². The summed E-state index contributed by atoms with van der Waals surface area (Å²) in [6, 6.07) is 24.6. The number of aliphatic hydroxyl groups is 1. The van der Waals surface area contributed by atoms with Crippen LogP contribution in [0.3, 0.4) is 0 Å². The van der Waals surface area contributed by atoms with E-state index in [1.165, 1.54) is 6.07 Å². The molecule has 30 heavy (non-hydrogen) atoms. The number of aromatic carboxylic acids is 1. The Bertz CT molecular complexity index is 955. The number of rotatable bonds is 7. The fourth-order valence-electron chi connectivity index (χ4n) is 3.36. The predicted molar refractivity (Wildman–Crippen MR) is 119 cm³/mol. The molecule has 0 bridgehead atoms. The van der Waals surface area contributed by atoms with Crippen LogP contribution in [-0.4, -0.2) is 25.9 Å². The third-order valence-corrected chi connectivity index (χ3v) is 5.72. The van der Waals surface area contributed by atoms with Crippen molar-refractivity contribution in [1.29, 1.82) is 0 Å². The van der Waals surface area contributed by atoms with Gasteiger partial charge in [0.1, 0.15) is 5.60 Å². The lowest BCUT2D eigenvalue weighted by Gasteiger charge is -2.38. The second kappa shape index (κ2) is 8.96. The van der Waals surface area contributed by atoms with E-state index in [-0.39, 0.29) is 27.0 Å². The van der Waals surface area contributed by atoms with Gasteiger partial charge in [-0.3, -0.25) is 0 Å². The van der Waals surface area contributed by atoms with Gasteiger partial charge < -0.3 is 14.6 Å². The Morgan fingerprint density at radius 1 is 0.867 bits per heavy atom. The largest absolute Gasteiger partial charge is 0.478 e. The van der Waals surface area contributed by atoms with E-state index >= 15 is 0 Å². The van der Waals surface area contributed by atoms with Gasteiger partial charge in [0.05, 0.1) is 12.2 Å². The van der Waals surface area contributed by atoms with Gasteiger partial charge in [-0.2, -0.15) is 0 Å². The van der Waals surface area contributed by atoms with Crippen molar-refractivity contribution in [3.63, 3.8) is 0 Å². The molecule has 0 aliphatic heterocycles. The quantitative estimate of drug-likeness (QED) is 0.417. The van der Waals surface area contributed by atoms with Crippen molar-refractivity contribution in [3.8, 4) is 0 Å². The first-order valence-electron chi connectivity index (χ1n) is 9.81. The summed E-state index contributed by atoms with van der Waals surface area (Å²) in [6.45, 7) is 6.08. The number of carboxylic acids is 1. The molecule has 0 saturated heterocycles. The number of carbonyl (C=O) groups is 1. The Morgan fingerprint density at radius 3 is 1.83 bits per heavy atom. The maximum atomic E-state index is 11.8. The molecule has 0 aromatic heterocycles. The number of benzene rings is 3. The zero-order valence-electron chi connectivity index (χ0n) is 17.4. The average Bonchev–Trinajstić information content (AvgIpc) is 2.74. The summed E-state index contributed by atoms with van der Waals surface area (Å²) >= 11 is 0. The van der Waals surface area contributed by atoms with Crippen molar-refractivity contribution in [1.82, 2.24) is 0 Å². The van der Waals surface area contributed by atoms with E-state index in [9.17, 15) is 15.0 Å². The molecule has 3 aromatic carbocycles. The van der Waals surface area contributed by atoms with Crippen LogP contribution in [0, 0.1) is 0 Å². The molecular formula is C25H26O4Si. The molecule has 154 valence electrons. The maximum Gasteiger partial charge on any atom is 0.335 e. The third kappa shape index (κ3) is 4.70. The van der Waals surface area contributed by atoms with Crippen molar-refractivity contribution < 1.29 is 19.4 Å². The van der Waals surface area contributed by atoms with E-state index in [0.29, 0.717) is 11.1 Å². The summed E-state index contributed by atoms with van der Waals surface area (Å²) in [5.41, 5.74) is 2.13. The summed E-state index contributed by atoms with van der Waals surface area (Å²) in [4.78, 5) is 11.8. The Labute approximate surface area is 180 Å². The lowest BCUT2D eigenvalue weighted by atomic mass is 9.79. The maximum absolute atomic E-state index is 11.8. The second-order valence-electron chi connectivity index (χ2n) is 8.25. The van der Waals surface area contributed by atoms with Gasteiger partial charge in [-0.15, -0.1) is 0 Å². The minimum atomic E-state index is -1.04. The molecule has 5 heteroatoms. The number of hydrogen-bond acceptors (Lipinski definition) is 3. The fourth-order valence-corrected chi connectivity index (χ4v) is 4.17. The third-order valence-electron chi connectivity index (χ3n) is 4.70. The molecular weight excluding hydrogens is 392 g/mol. The first-order valence-corrected chi connectivity index (χ1v) is 10.7. The summed E-state index contributed by atoms with van der Waals surface area (Å²) in [6.07, 6.45) is 0. The molecule has 4 nitrogen and oxygen atoms in total. The zero-order chi connectivity index (χ0) is 21.8. The molecule has 0 heterocycles. The van der Waals surface area contributed by atoms with Gasteiger partial charge in [0, 0.05) is 0 Å². The lowest BCUT2D eigenvalue weighted by Crippen LogP contribution is -2.36. The van der Waals surface area contributed by atoms with Crippen LogP contribution >= 0.6 is 0 Å². The topological polar surface area (TPSA) is 66.8 Å². The van der Waals surface area contributed by atoms with Crippen molar-refractivity contribution in [2.45, 2.75) is 38.0 Å². The van der Waals surface area contributed by atoms with E-state index in [4.69, 9.17) is 4.43 Å². The van der Waals surface area contributed by atoms with Crippen LogP contribution < -0.4 is 0 Å². The molecule has 2 N–H and O–H groups in total. The van der Waals surface area contributed by atoms with Crippen LogP contribution in [0.5, 0.6) is 0 Å². The first-order chi connectivity index (χ1) is 14.3. The molecule has 0 atom stereocenters. The average molecular weight is 419 g/mol. The highest BCUT2D eigenvalue weighted by molar-refractivity contribution is 6.32. The molecule has 0 aliphatic carbocycles. The molecule has 3 rings (SSSR count). The van der Waals surface area contributed by atoms with Crippen LogP contribution in [0.2, 0.25) is 5.04 Å². The van der Waals surface area contributed by atoms with Crippen LogP contribution in [0.15, 0.2) is 78.9 Å². The molecule has 3 aromatic rings. The van der Waals surface area contributed by atoms with Gasteiger partial charge >= 0.3 is 5.97 Å². The Balaban J connectivity index is 2.36. The van der Waals surface area contributed by atoms with Crippen molar-refractivity contribution >= 4 is 15.7 Å². The number of hydrogen-bond donors (Lipinski definition) is 2. The minimum absolute atomic E-state index is 0.0843. The highest BCUT2D eigenvalue weighted by atomic mass is 28.2. The van der Waals surface area contributed by atoms with E-state index in [2.05, 4.69) is 20.8 Å². The number of aliphatic hydroxyl groups excluding tert-OH is 1. The Morgan fingerprint density at radius 2 is 1.40 bits per heavy atom. The van der Waals surface area contributed by atoms with Crippen molar-refractivity contribution in [2.75, 3.05) is 0 Å². The number of carboxylic acid groups (broad SMARTS) is 1. The van der Waals surface area contributed by atoms with Crippen LogP contribution in [0.1, 0.15) is 53.4 Å².